The number of hydrogen-bond acceptors (Lipinski definition) is 4. The standard InChI is InChI=1S/C47H27B2N3O2/c53-46-30-19-7-11-23-36(30)51-37-24-12-8-20-31(37)47(54)43-45(51)40(46)32-27-35-44-41(42(32)50-43)49(29-17-5-2-6-18-29)34-22-10-14-26-39(34)52(44)38-25-13-9-21-33(38)48(35)28-15-3-1-4-16-28/h1-27H. The molecule has 0 radical (unpaired) electrons. The Morgan fingerprint density at radius 1 is 0.463 bits per heavy atom. The van der Waals surface area contributed by atoms with Crippen LogP contribution in [0.25, 0.3) is 49.1 Å². The van der Waals surface area contributed by atoms with Crippen molar-refractivity contribution in [3.05, 3.63) is 184 Å². The van der Waals surface area contributed by atoms with Crippen LogP contribution in [0, 0.1) is 0 Å². The molecule has 54 heavy (non-hydrogen) atoms. The number of anilines is 3. The molecule has 5 heterocycles. The van der Waals surface area contributed by atoms with Crippen LogP contribution in [0.5, 0.6) is 0 Å². The molecule has 0 atom stereocenters. The van der Waals surface area contributed by atoms with Crippen LogP contribution < -0.4 is 48.5 Å². The molecular weight excluding hydrogens is 660 g/mol. The summed E-state index contributed by atoms with van der Waals surface area (Å²) in [4.78, 5) is 37.7. The van der Waals surface area contributed by atoms with Gasteiger partial charge in [0.2, 0.25) is 18.9 Å². The molecule has 3 aromatic heterocycles. The third-order valence-corrected chi connectivity index (χ3v) is 11.8. The molecule has 7 aromatic carbocycles. The molecular formula is C47H27B2N3O2. The summed E-state index contributed by atoms with van der Waals surface area (Å²) in [5.41, 5.74) is 12.8. The third kappa shape index (κ3) is 3.73. The van der Waals surface area contributed by atoms with E-state index in [1.165, 1.54) is 10.9 Å². The van der Waals surface area contributed by atoms with Crippen molar-refractivity contribution in [2.45, 2.75) is 0 Å². The Bertz CT molecular complexity index is 3320. The molecule has 0 unspecified atom stereocenters. The number of benzene rings is 7. The lowest BCUT2D eigenvalue weighted by Gasteiger charge is -2.44. The van der Waals surface area contributed by atoms with Gasteiger partial charge in [-0.1, -0.05) is 138 Å². The van der Waals surface area contributed by atoms with E-state index < -0.39 is 0 Å². The maximum Gasteiger partial charge on any atom is 0.249 e. The molecule has 5 nitrogen and oxygen atoms in total. The number of nitrogens with zero attached hydrogens (tertiary/aromatic N) is 3. The lowest BCUT2D eigenvalue weighted by atomic mass is 9.30. The summed E-state index contributed by atoms with van der Waals surface area (Å²) in [5.74, 6) is 0. The van der Waals surface area contributed by atoms with Gasteiger partial charge in [-0.15, -0.1) is 0 Å². The van der Waals surface area contributed by atoms with Crippen molar-refractivity contribution in [2.24, 2.45) is 0 Å². The maximum absolute atomic E-state index is 15.1. The molecule has 12 rings (SSSR count). The number of para-hydroxylation sites is 4. The van der Waals surface area contributed by atoms with E-state index >= 15 is 4.79 Å². The van der Waals surface area contributed by atoms with Gasteiger partial charge in [-0.2, -0.15) is 0 Å². The van der Waals surface area contributed by atoms with Gasteiger partial charge in [0.15, 0.2) is 5.43 Å². The highest BCUT2D eigenvalue weighted by molar-refractivity contribution is 7.03. The highest BCUT2D eigenvalue weighted by Gasteiger charge is 2.45. The monoisotopic (exact) mass is 687 g/mol. The summed E-state index contributed by atoms with van der Waals surface area (Å²) in [5, 5.41) is 2.47. The summed E-state index contributed by atoms with van der Waals surface area (Å²) < 4.78 is 2.09. The molecule has 0 spiro atoms. The fraction of sp³-hybridized carbons (Fsp3) is 0. The molecule has 0 saturated carbocycles. The van der Waals surface area contributed by atoms with E-state index in [9.17, 15) is 4.79 Å². The van der Waals surface area contributed by atoms with Crippen LogP contribution in [-0.2, 0) is 0 Å². The molecule has 0 bridgehead atoms. The quantitative estimate of drug-likeness (QED) is 0.142. The van der Waals surface area contributed by atoms with E-state index in [0.717, 1.165) is 55.3 Å². The van der Waals surface area contributed by atoms with E-state index in [1.54, 1.807) is 0 Å². The molecule has 0 N–H and O–H groups in total. The highest BCUT2D eigenvalue weighted by Crippen LogP contribution is 2.40. The normalized spacial score (nSPS) is 13.2. The first kappa shape index (κ1) is 29.6. The van der Waals surface area contributed by atoms with Crippen molar-refractivity contribution >= 4 is 112 Å². The van der Waals surface area contributed by atoms with Gasteiger partial charge in [-0.3, -0.25) is 9.59 Å². The van der Waals surface area contributed by atoms with Crippen LogP contribution in [0.15, 0.2) is 173 Å². The minimum Gasteiger partial charge on any atom is -0.312 e. The lowest BCUT2D eigenvalue weighted by molar-refractivity contribution is 1.29. The molecule has 2 aliphatic heterocycles. The van der Waals surface area contributed by atoms with Gasteiger partial charge in [-0.25, -0.2) is 4.98 Å². The van der Waals surface area contributed by atoms with Gasteiger partial charge in [0.05, 0.1) is 27.5 Å². The Labute approximate surface area is 309 Å². The zero-order chi connectivity index (χ0) is 35.7. The summed E-state index contributed by atoms with van der Waals surface area (Å²) in [6, 6.07) is 56.2. The Balaban J connectivity index is 1.38. The summed E-state index contributed by atoms with van der Waals surface area (Å²) in [6.07, 6.45) is 0. The van der Waals surface area contributed by atoms with E-state index in [1.807, 2.05) is 54.6 Å². The second-order valence-corrected chi connectivity index (χ2v) is 14.5. The average Bonchev–Trinajstić information content (AvgIpc) is 3.23. The lowest BCUT2D eigenvalue weighted by Crippen LogP contribution is -2.65. The van der Waals surface area contributed by atoms with E-state index in [4.69, 9.17) is 4.98 Å². The zero-order valence-electron chi connectivity index (χ0n) is 28.9. The first-order chi connectivity index (χ1) is 26.7. The van der Waals surface area contributed by atoms with Crippen LogP contribution >= 0.6 is 0 Å². The van der Waals surface area contributed by atoms with Crippen LogP contribution in [0.2, 0.25) is 0 Å². The van der Waals surface area contributed by atoms with Crippen LogP contribution in [0.3, 0.4) is 0 Å². The third-order valence-electron chi connectivity index (χ3n) is 11.8. The van der Waals surface area contributed by atoms with Gasteiger partial charge < -0.3 is 9.30 Å². The van der Waals surface area contributed by atoms with Crippen LogP contribution in [-0.4, -0.2) is 22.8 Å². The van der Waals surface area contributed by atoms with Gasteiger partial charge in [0, 0.05) is 33.2 Å². The number of pyridine rings is 3. The molecule has 0 fully saturated rings. The number of fused-ring (bicyclic) bond motifs is 11. The van der Waals surface area contributed by atoms with Crippen molar-refractivity contribution in [1.82, 2.24) is 9.38 Å². The Hall–Kier alpha value is -6.98. The minimum atomic E-state index is -0.219. The fourth-order valence-electron chi connectivity index (χ4n) is 9.69. The average molecular weight is 687 g/mol. The van der Waals surface area contributed by atoms with Crippen LogP contribution in [0.1, 0.15) is 0 Å². The van der Waals surface area contributed by atoms with E-state index in [0.29, 0.717) is 32.7 Å². The predicted octanol–water partition coefficient (Wildman–Crippen LogP) is 5.23. The summed E-state index contributed by atoms with van der Waals surface area (Å²) in [7, 11) is 0. The maximum atomic E-state index is 15.1. The summed E-state index contributed by atoms with van der Waals surface area (Å²) in [6.45, 7) is -0.338. The number of hydrogen-bond donors (Lipinski definition) is 0. The topological polar surface area (TPSA) is 54.7 Å². The highest BCUT2D eigenvalue weighted by atomic mass is 16.1. The molecule has 2 aliphatic rings. The summed E-state index contributed by atoms with van der Waals surface area (Å²) >= 11 is 0. The molecule has 7 heteroatoms. The van der Waals surface area contributed by atoms with E-state index in [2.05, 4.69) is 118 Å². The second kappa shape index (κ2) is 10.8. The van der Waals surface area contributed by atoms with Crippen molar-refractivity contribution in [3.63, 3.8) is 0 Å². The van der Waals surface area contributed by atoms with Gasteiger partial charge >= 0.3 is 0 Å². The minimum absolute atomic E-state index is 0.0957. The molecule has 0 saturated heterocycles. The van der Waals surface area contributed by atoms with E-state index in [-0.39, 0.29) is 24.3 Å². The number of aromatic nitrogens is 2. The van der Waals surface area contributed by atoms with Crippen LogP contribution in [0.4, 0.5) is 17.1 Å². The van der Waals surface area contributed by atoms with Gasteiger partial charge in [0.1, 0.15) is 5.52 Å². The SMILES string of the molecule is O=c1c2ccccc2n2c3ccccc3c(=O)c3c4cc5c6c(c4nc1c32)B(c1ccccc1)c1ccccc1N6c1ccccc1B5c1ccccc1. The first-order valence-corrected chi connectivity index (χ1v) is 18.4. The second-order valence-electron chi connectivity index (χ2n) is 14.5. The smallest absolute Gasteiger partial charge is 0.249 e. The molecule has 248 valence electrons. The predicted molar refractivity (Wildman–Crippen MR) is 226 cm³/mol. The first-order valence-electron chi connectivity index (χ1n) is 18.4. The van der Waals surface area contributed by atoms with Gasteiger partial charge in [0.25, 0.3) is 0 Å². The van der Waals surface area contributed by atoms with Crippen molar-refractivity contribution in [1.29, 1.82) is 0 Å². The zero-order valence-corrected chi connectivity index (χ0v) is 28.9. The largest absolute Gasteiger partial charge is 0.312 e. The molecule has 10 aromatic rings. The van der Waals surface area contributed by atoms with Crippen molar-refractivity contribution < 1.29 is 0 Å². The van der Waals surface area contributed by atoms with Gasteiger partial charge in [-0.05, 0) is 58.2 Å². The molecule has 0 aliphatic carbocycles. The Kier molecular flexibility index (Phi) is 5.91. The van der Waals surface area contributed by atoms with Crippen molar-refractivity contribution in [2.75, 3.05) is 4.90 Å². The Morgan fingerprint density at radius 3 is 1.63 bits per heavy atom. The fourth-order valence-corrected chi connectivity index (χ4v) is 9.69. The Morgan fingerprint density at radius 2 is 0.981 bits per heavy atom. The van der Waals surface area contributed by atoms with Crippen molar-refractivity contribution in [3.8, 4) is 0 Å². The molecule has 0 amide bonds. The number of rotatable bonds is 2.